The number of non-ortho nitro benzene ring substituents is 1. The molecule has 0 aliphatic rings. The molecule has 2 amide bonds. The predicted molar refractivity (Wildman–Crippen MR) is 113 cm³/mol. The number of nitrogens with zero attached hydrogens (tertiary/aromatic N) is 4. The molecule has 0 aliphatic heterocycles. The average molecular weight is 438 g/mol. The van der Waals surface area contributed by atoms with Gasteiger partial charge in [-0.2, -0.15) is 4.98 Å². The molecule has 0 radical (unpaired) electrons. The molecule has 0 saturated heterocycles. The minimum absolute atomic E-state index is 0.0793. The van der Waals surface area contributed by atoms with Gasteiger partial charge in [-0.1, -0.05) is 25.1 Å². The van der Waals surface area contributed by atoms with Crippen LogP contribution in [-0.2, 0) is 4.79 Å². The summed E-state index contributed by atoms with van der Waals surface area (Å²) < 4.78 is 5.36. The zero-order valence-electron chi connectivity index (χ0n) is 17.7. The van der Waals surface area contributed by atoms with Gasteiger partial charge in [0.15, 0.2) is 0 Å². The summed E-state index contributed by atoms with van der Waals surface area (Å²) in [7, 11) is 0. The maximum Gasteiger partial charge on any atom is 0.270 e. The number of pyridine rings is 1. The maximum atomic E-state index is 12.7. The summed E-state index contributed by atoms with van der Waals surface area (Å²) in [5.41, 5.74) is 0.593. The van der Waals surface area contributed by atoms with Crippen molar-refractivity contribution in [3.05, 3.63) is 70.4 Å². The van der Waals surface area contributed by atoms with Gasteiger partial charge in [-0.15, -0.1) is 0 Å². The van der Waals surface area contributed by atoms with Crippen molar-refractivity contribution in [2.24, 2.45) is 5.92 Å². The Morgan fingerprint density at radius 1 is 1.09 bits per heavy atom. The third-order valence-electron chi connectivity index (χ3n) is 4.67. The largest absolute Gasteiger partial charge is 0.342 e. The van der Waals surface area contributed by atoms with Gasteiger partial charge in [0.2, 0.25) is 17.6 Å². The van der Waals surface area contributed by atoms with Gasteiger partial charge in [-0.05, 0) is 31.0 Å². The molecule has 2 aromatic heterocycles. The van der Waals surface area contributed by atoms with Gasteiger partial charge < -0.3 is 15.2 Å². The summed E-state index contributed by atoms with van der Waals surface area (Å²) in [6, 6.07) is 7.26. The molecule has 11 nitrogen and oxygen atoms in total. The number of hydrogen-bond acceptors (Lipinski definition) is 8. The Hall–Kier alpha value is -4.15. The van der Waals surface area contributed by atoms with Crippen LogP contribution in [-0.4, -0.2) is 37.9 Å². The van der Waals surface area contributed by atoms with E-state index in [0.717, 1.165) is 11.6 Å². The topological polar surface area (TPSA) is 153 Å². The van der Waals surface area contributed by atoms with Gasteiger partial charge in [-0.25, -0.2) is 0 Å². The third kappa shape index (κ3) is 5.31. The lowest BCUT2D eigenvalue weighted by atomic mass is 10.0. The van der Waals surface area contributed by atoms with Crippen molar-refractivity contribution in [2.75, 3.05) is 0 Å². The molecule has 2 N–H and O–H groups in total. The number of amides is 2. The summed E-state index contributed by atoms with van der Waals surface area (Å²) in [4.78, 5) is 43.8. The number of aromatic nitrogens is 3. The SMILES string of the molecule is CC(NC(=O)c1cccc([N+](=O)[O-])c1)C(=O)NC(c1nc(-c2ccncc2)no1)C(C)C. The standard InChI is InChI=1S/C21H22N6O5/c1-12(2)17(21-25-18(26-32-21)14-7-9-22-10-8-14)24-19(28)13(3)23-20(29)15-5-4-6-16(11-15)27(30)31/h4-13,17H,1-3H3,(H,23,29)(H,24,28). The number of benzene rings is 1. The van der Waals surface area contributed by atoms with Gasteiger partial charge in [0.05, 0.1) is 4.92 Å². The van der Waals surface area contributed by atoms with E-state index >= 15 is 0 Å². The third-order valence-corrected chi connectivity index (χ3v) is 4.67. The maximum absolute atomic E-state index is 12.7. The van der Waals surface area contributed by atoms with Crippen LogP contribution >= 0.6 is 0 Å². The Labute approximate surface area is 183 Å². The lowest BCUT2D eigenvalue weighted by Gasteiger charge is -2.21. The lowest BCUT2D eigenvalue weighted by molar-refractivity contribution is -0.384. The van der Waals surface area contributed by atoms with E-state index < -0.39 is 28.8 Å². The summed E-state index contributed by atoms with van der Waals surface area (Å²) in [5, 5.41) is 20.2. The molecule has 2 atom stereocenters. The fourth-order valence-corrected chi connectivity index (χ4v) is 2.88. The van der Waals surface area contributed by atoms with E-state index in [-0.39, 0.29) is 23.1 Å². The highest BCUT2D eigenvalue weighted by Gasteiger charge is 2.27. The van der Waals surface area contributed by atoms with Crippen LogP contribution in [0, 0.1) is 16.0 Å². The number of nitro groups is 1. The zero-order chi connectivity index (χ0) is 23.3. The van der Waals surface area contributed by atoms with Crippen LogP contribution in [0.25, 0.3) is 11.4 Å². The Morgan fingerprint density at radius 3 is 2.47 bits per heavy atom. The van der Waals surface area contributed by atoms with Crippen molar-refractivity contribution in [2.45, 2.75) is 32.9 Å². The van der Waals surface area contributed by atoms with E-state index in [1.165, 1.54) is 25.1 Å². The summed E-state index contributed by atoms with van der Waals surface area (Å²) in [5.74, 6) is -0.544. The number of carbonyl (C=O) groups is 2. The van der Waals surface area contributed by atoms with Crippen LogP contribution in [0.5, 0.6) is 0 Å². The van der Waals surface area contributed by atoms with E-state index in [4.69, 9.17) is 4.52 Å². The van der Waals surface area contributed by atoms with Crippen molar-refractivity contribution in [3.8, 4) is 11.4 Å². The molecular formula is C21H22N6O5. The first-order valence-electron chi connectivity index (χ1n) is 9.86. The molecule has 166 valence electrons. The van der Waals surface area contributed by atoms with Crippen LogP contribution < -0.4 is 10.6 Å². The number of rotatable bonds is 8. The molecule has 0 bridgehead atoms. The molecule has 0 aliphatic carbocycles. The van der Waals surface area contributed by atoms with Crippen molar-refractivity contribution in [3.63, 3.8) is 0 Å². The van der Waals surface area contributed by atoms with Crippen LogP contribution in [0.15, 0.2) is 53.3 Å². The fraction of sp³-hybridized carbons (Fsp3) is 0.286. The normalized spacial score (nSPS) is 12.8. The number of nitrogens with one attached hydrogen (secondary N) is 2. The van der Waals surface area contributed by atoms with E-state index in [1.807, 2.05) is 13.8 Å². The van der Waals surface area contributed by atoms with Crippen LogP contribution in [0.4, 0.5) is 5.69 Å². The molecule has 3 rings (SSSR count). The molecule has 2 heterocycles. The highest BCUT2D eigenvalue weighted by Crippen LogP contribution is 2.23. The minimum Gasteiger partial charge on any atom is -0.342 e. The van der Waals surface area contributed by atoms with Gasteiger partial charge in [0, 0.05) is 35.7 Å². The molecule has 0 fully saturated rings. The van der Waals surface area contributed by atoms with E-state index in [0.29, 0.717) is 5.82 Å². The first-order valence-corrected chi connectivity index (χ1v) is 9.86. The Morgan fingerprint density at radius 2 is 1.81 bits per heavy atom. The Kier molecular flexibility index (Phi) is 6.88. The number of nitro benzene ring substituents is 1. The van der Waals surface area contributed by atoms with Crippen molar-refractivity contribution >= 4 is 17.5 Å². The first kappa shape index (κ1) is 22.5. The Bertz CT molecular complexity index is 1110. The molecule has 1 aromatic carbocycles. The van der Waals surface area contributed by atoms with Gasteiger partial charge in [0.25, 0.3) is 11.6 Å². The summed E-state index contributed by atoms with van der Waals surface area (Å²) in [6.45, 7) is 5.28. The number of hydrogen-bond donors (Lipinski definition) is 2. The second-order valence-corrected chi connectivity index (χ2v) is 7.42. The highest BCUT2D eigenvalue weighted by atomic mass is 16.6. The Balaban J connectivity index is 1.68. The smallest absolute Gasteiger partial charge is 0.270 e. The second kappa shape index (κ2) is 9.77. The van der Waals surface area contributed by atoms with Crippen molar-refractivity contribution in [1.82, 2.24) is 25.8 Å². The van der Waals surface area contributed by atoms with E-state index in [9.17, 15) is 19.7 Å². The second-order valence-electron chi connectivity index (χ2n) is 7.42. The fourth-order valence-electron chi connectivity index (χ4n) is 2.88. The first-order chi connectivity index (χ1) is 15.3. The van der Waals surface area contributed by atoms with Crippen LogP contribution in [0.2, 0.25) is 0 Å². The highest BCUT2D eigenvalue weighted by molar-refractivity contribution is 5.97. The number of carbonyl (C=O) groups excluding carboxylic acids is 2. The van der Waals surface area contributed by atoms with Crippen molar-refractivity contribution < 1.29 is 19.0 Å². The molecule has 11 heteroatoms. The predicted octanol–water partition coefficient (Wildman–Crippen LogP) is 2.67. The molecule has 0 spiro atoms. The van der Waals surface area contributed by atoms with Gasteiger partial charge in [0.1, 0.15) is 12.1 Å². The van der Waals surface area contributed by atoms with Crippen LogP contribution in [0.3, 0.4) is 0 Å². The molecule has 0 saturated carbocycles. The average Bonchev–Trinajstić information content (AvgIpc) is 3.27. The van der Waals surface area contributed by atoms with Crippen molar-refractivity contribution in [1.29, 1.82) is 0 Å². The summed E-state index contributed by atoms with van der Waals surface area (Å²) in [6.07, 6.45) is 3.22. The quantitative estimate of drug-likeness (QED) is 0.402. The molecule has 32 heavy (non-hydrogen) atoms. The van der Waals surface area contributed by atoms with E-state index in [1.54, 1.807) is 24.5 Å². The molecule has 2 unspecified atom stereocenters. The van der Waals surface area contributed by atoms with Gasteiger partial charge in [-0.3, -0.25) is 24.7 Å². The minimum atomic E-state index is -0.911. The van der Waals surface area contributed by atoms with Gasteiger partial charge >= 0.3 is 0 Å². The lowest BCUT2D eigenvalue weighted by Crippen LogP contribution is -2.46. The van der Waals surface area contributed by atoms with Crippen LogP contribution in [0.1, 0.15) is 43.1 Å². The zero-order valence-corrected chi connectivity index (χ0v) is 17.7. The molecule has 3 aromatic rings. The summed E-state index contributed by atoms with van der Waals surface area (Å²) >= 11 is 0. The molecular weight excluding hydrogens is 416 g/mol. The van der Waals surface area contributed by atoms with E-state index in [2.05, 4.69) is 25.8 Å². The monoisotopic (exact) mass is 438 g/mol.